The van der Waals surface area contributed by atoms with Crippen molar-refractivity contribution in [3.63, 3.8) is 0 Å². The Morgan fingerprint density at radius 2 is 1.51 bits per heavy atom. The largest absolute Gasteiger partial charge is 0.501 e. The molecular formula is C34H21IrN5O-2. The molecule has 199 valence electrons. The van der Waals surface area contributed by atoms with Crippen LogP contribution in [0.15, 0.2) is 132 Å². The Bertz CT molecular complexity index is 2020. The summed E-state index contributed by atoms with van der Waals surface area (Å²) in [4.78, 5) is 9.00. The second-order valence-corrected chi connectivity index (χ2v) is 9.03. The number of hydrogen-bond donors (Lipinski definition) is 0. The number of pyridine rings is 1. The maximum atomic E-state index is 6.20. The SMILES string of the molecule is [Ir].[c-]1ccc2c(oc3ccccc32)c1-c1nc2nnccc2n1-c1ccccc1.[c-]1ccccc1-c1ccccn1. The Labute approximate surface area is 249 Å². The molecule has 4 aromatic heterocycles. The van der Waals surface area contributed by atoms with Gasteiger partial charge in [-0.3, -0.25) is 4.98 Å². The molecule has 0 fully saturated rings. The van der Waals surface area contributed by atoms with E-state index >= 15 is 0 Å². The van der Waals surface area contributed by atoms with Crippen LogP contribution in [0, 0.1) is 12.1 Å². The molecule has 0 N–H and O–H groups in total. The normalized spacial score (nSPS) is 10.7. The summed E-state index contributed by atoms with van der Waals surface area (Å²) >= 11 is 0. The van der Waals surface area contributed by atoms with Gasteiger partial charge in [-0.05, 0) is 36.0 Å². The first-order chi connectivity index (χ1) is 19.9. The van der Waals surface area contributed by atoms with E-state index in [-0.39, 0.29) is 20.1 Å². The summed E-state index contributed by atoms with van der Waals surface area (Å²) in [5.41, 5.74) is 6.89. The molecule has 1 radical (unpaired) electrons. The zero-order valence-corrected chi connectivity index (χ0v) is 24.0. The van der Waals surface area contributed by atoms with Crippen LogP contribution in [0.1, 0.15) is 0 Å². The van der Waals surface area contributed by atoms with Crippen molar-refractivity contribution in [1.29, 1.82) is 0 Å². The number of hydrogen-bond acceptors (Lipinski definition) is 5. The van der Waals surface area contributed by atoms with E-state index in [4.69, 9.17) is 9.40 Å². The van der Waals surface area contributed by atoms with Gasteiger partial charge in [-0.2, -0.15) is 5.10 Å². The first kappa shape index (κ1) is 26.3. The number of benzene rings is 4. The molecule has 0 atom stereocenters. The third-order valence-corrected chi connectivity index (χ3v) is 6.57. The van der Waals surface area contributed by atoms with Crippen molar-refractivity contribution in [3.05, 3.63) is 140 Å². The van der Waals surface area contributed by atoms with E-state index in [0.717, 1.165) is 55.8 Å². The van der Waals surface area contributed by atoms with Crippen molar-refractivity contribution in [3.8, 4) is 28.3 Å². The monoisotopic (exact) mass is 708 g/mol. The van der Waals surface area contributed by atoms with Gasteiger partial charge in [0, 0.05) is 37.4 Å². The maximum absolute atomic E-state index is 6.20. The van der Waals surface area contributed by atoms with Crippen LogP contribution in [0.3, 0.4) is 0 Å². The Hall–Kier alpha value is -4.97. The molecule has 8 aromatic rings. The van der Waals surface area contributed by atoms with Gasteiger partial charge in [0.1, 0.15) is 5.58 Å². The number of para-hydroxylation sites is 2. The minimum absolute atomic E-state index is 0. The molecule has 4 aromatic carbocycles. The van der Waals surface area contributed by atoms with Gasteiger partial charge in [0.2, 0.25) is 0 Å². The van der Waals surface area contributed by atoms with E-state index in [1.807, 2.05) is 109 Å². The predicted octanol–water partition coefficient (Wildman–Crippen LogP) is 7.73. The summed E-state index contributed by atoms with van der Waals surface area (Å²) in [5.74, 6) is 0.728. The summed E-state index contributed by atoms with van der Waals surface area (Å²) in [6, 6.07) is 44.1. The van der Waals surface area contributed by atoms with E-state index in [2.05, 4.69) is 37.9 Å². The minimum Gasteiger partial charge on any atom is -0.501 e. The standard InChI is InChI=1S/C23H13N4O.C11H8N.Ir/c1-2-7-15(8-3-1)27-19-13-14-24-26-22(19)25-23(27)18-11-6-10-17-16-9-4-5-12-20(16)28-21(17)18;1-2-6-10(7-3-1)11-8-4-5-9-12-11;/h1-10,12-14H;1-6,8-9H;/q2*-1;. The number of rotatable bonds is 3. The molecule has 0 saturated heterocycles. The van der Waals surface area contributed by atoms with Crippen LogP contribution in [0.5, 0.6) is 0 Å². The molecule has 0 aliphatic carbocycles. The summed E-state index contributed by atoms with van der Waals surface area (Å²) in [7, 11) is 0. The van der Waals surface area contributed by atoms with E-state index in [9.17, 15) is 0 Å². The molecule has 0 amide bonds. The van der Waals surface area contributed by atoms with Crippen molar-refractivity contribution in [1.82, 2.24) is 24.7 Å². The number of fused-ring (bicyclic) bond motifs is 4. The number of nitrogens with zero attached hydrogens (tertiary/aromatic N) is 5. The first-order valence-electron chi connectivity index (χ1n) is 12.8. The van der Waals surface area contributed by atoms with Gasteiger partial charge in [0.25, 0.3) is 0 Å². The van der Waals surface area contributed by atoms with Gasteiger partial charge >= 0.3 is 0 Å². The average Bonchev–Trinajstić information content (AvgIpc) is 3.62. The van der Waals surface area contributed by atoms with E-state index in [1.165, 1.54) is 0 Å². The van der Waals surface area contributed by atoms with Crippen LogP contribution >= 0.6 is 0 Å². The van der Waals surface area contributed by atoms with E-state index in [0.29, 0.717) is 5.65 Å². The number of aromatic nitrogens is 5. The third-order valence-electron chi connectivity index (χ3n) is 6.57. The van der Waals surface area contributed by atoms with Gasteiger partial charge < -0.3 is 14.0 Å². The van der Waals surface area contributed by atoms with E-state index in [1.54, 1.807) is 12.4 Å². The second kappa shape index (κ2) is 11.6. The van der Waals surface area contributed by atoms with Crippen LogP contribution in [0.4, 0.5) is 0 Å². The van der Waals surface area contributed by atoms with Crippen LogP contribution in [-0.2, 0) is 20.1 Å². The molecule has 0 bridgehead atoms. The van der Waals surface area contributed by atoms with Crippen LogP contribution in [0.2, 0.25) is 0 Å². The van der Waals surface area contributed by atoms with Crippen molar-refractivity contribution in [2.24, 2.45) is 0 Å². The molecule has 8 rings (SSSR count). The van der Waals surface area contributed by atoms with Gasteiger partial charge in [0.15, 0.2) is 5.65 Å². The molecule has 0 saturated carbocycles. The van der Waals surface area contributed by atoms with E-state index < -0.39 is 0 Å². The zero-order chi connectivity index (χ0) is 26.7. The summed E-state index contributed by atoms with van der Waals surface area (Å²) in [6.45, 7) is 0. The van der Waals surface area contributed by atoms with Gasteiger partial charge in [-0.25, -0.2) is 0 Å². The first-order valence-corrected chi connectivity index (χ1v) is 12.8. The summed E-state index contributed by atoms with van der Waals surface area (Å²) in [5, 5.41) is 10.3. The van der Waals surface area contributed by atoms with Crippen LogP contribution in [-0.4, -0.2) is 24.7 Å². The average molecular weight is 708 g/mol. The van der Waals surface area contributed by atoms with Crippen LogP contribution in [0.25, 0.3) is 61.4 Å². The summed E-state index contributed by atoms with van der Waals surface area (Å²) < 4.78 is 8.28. The fourth-order valence-corrected chi connectivity index (χ4v) is 4.77. The maximum Gasteiger partial charge on any atom is 0.190 e. The molecule has 4 heterocycles. The van der Waals surface area contributed by atoms with Crippen LogP contribution < -0.4 is 0 Å². The Morgan fingerprint density at radius 3 is 2.34 bits per heavy atom. The topological polar surface area (TPSA) is 69.6 Å². The fraction of sp³-hybridized carbons (Fsp3) is 0. The summed E-state index contributed by atoms with van der Waals surface area (Å²) in [6.07, 6.45) is 3.47. The van der Waals surface area contributed by atoms with Gasteiger partial charge in [-0.1, -0.05) is 59.5 Å². The Morgan fingerprint density at radius 1 is 0.683 bits per heavy atom. The second-order valence-electron chi connectivity index (χ2n) is 9.03. The zero-order valence-electron chi connectivity index (χ0n) is 21.6. The number of imidazole rings is 1. The predicted molar refractivity (Wildman–Crippen MR) is 157 cm³/mol. The Kier molecular flexibility index (Phi) is 7.46. The molecule has 41 heavy (non-hydrogen) atoms. The quantitative estimate of drug-likeness (QED) is 0.176. The molecular weight excluding hydrogens is 687 g/mol. The minimum atomic E-state index is 0. The van der Waals surface area contributed by atoms with Crippen molar-refractivity contribution < 1.29 is 24.5 Å². The van der Waals surface area contributed by atoms with Gasteiger partial charge in [0.05, 0.1) is 23.1 Å². The molecule has 6 nitrogen and oxygen atoms in total. The molecule has 7 heteroatoms. The molecule has 0 aliphatic heterocycles. The van der Waals surface area contributed by atoms with Crippen molar-refractivity contribution in [2.75, 3.05) is 0 Å². The smallest absolute Gasteiger partial charge is 0.190 e. The molecule has 0 aliphatic rings. The van der Waals surface area contributed by atoms with Crippen molar-refractivity contribution in [2.45, 2.75) is 0 Å². The molecule has 0 unspecified atom stereocenters. The van der Waals surface area contributed by atoms with Gasteiger partial charge in [-0.15, -0.1) is 59.2 Å². The third kappa shape index (κ3) is 5.05. The fourth-order valence-electron chi connectivity index (χ4n) is 4.77. The Balaban J connectivity index is 0.000000196. The number of furan rings is 1. The van der Waals surface area contributed by atoms with Crippen molar-refractivity contribution >= 4 is 33.1 Å². The molecule has 0 spiro atoms.